The zero-order chi connectivity index (χ0) is 14.2. The molecule has 1 aliphatic heterocycles. The Bertz CT molecular complexity index is 767. The minimum Gasteiger partial charge on any atom is -0.315 e. The lowest BCUT2D eigenvalue weighted by atomic mass is 10.0. The molecule has 1 fully saturated rings. The molecule has 2 N–H and O–H groups in total. The second-order valence-electron chi connectivity index (χ2n) is 4.83. The van der Waals surface area contributed by atoms with Gasteiger partial charge in [0.1, 0.15) is 0 Å². The molecule has 5 nitrogen and oxygen atoms in total. The molecule has 0 aliphatic carbocycles. The summed E-state index contributed by atoms with van der Waals surface area (Å²) >= 11 is 0. The molecule has 1 amide bonds. The number of hydrogen-bond donors (Lipinski definition) is 2. The lowest BCUT2D eigenvalue weighted by Gasteiger charge is -2.25. The quantitative estimate of drug-likeness (QED) is 0.879. The van der Waals surface area contributed by atoms with Crippen LogP contribution in [0.1, 0.15) is 0 Å². The minimum atomic E-state index is -3.80. The number of carbonyl (C=O) groups is 1. The van der Waals surface area contributed by atoms with Gasteiger partial charge < -0.3 is 5.32 Å². The van der Waals surface area contributed by atoms with Crippen molar-refractivity contribution in [3.05, 3.63) is 42.5 Å². The van der Waals surface area contributed by atoms with Gasteiger partial charge in [-0.1, -0.05) is 30.3 Å². The third kappa shape index (κ3) is 2.39. The number of sulfonamides is 1. The molecule has 104 valence electrons. The summed E-state index contributed by atoms with van der Waals surface area (Å²) in [6.07, 6.45) is 0. The van der Waals surface area contributed by atoms with Crippen molar-refractivity contribution in [2.24, 2.45) is 5.92 Å². The molecule has 2 aromatic carbocycles. The number of benzene rings is 2. The van der Waals surface area contributed by atoms with Crippen LogP contribution in [0.25, 0.3) is 10.8 Å². The number of carbonyl (C=O) groups excluding carboxylic acids is 1. The number of amides is 1. The van der Waals surface area contributed by atoms with Gasteiger partial charge in [0.25, 0.3) is 10.0 Å². The maximum absolute atomic E-state index is 12.2. The molecule has 1 heterocycles. The fourth-order valence-corrected chi connectivity index (χ4v) is 3.16. The average molecular weight is 290 g/mol. The van der Waals surface area contributed by atoms with E-state index in [-0.39, 0.29) is 10.8 Å². The first-order valence-corrected chi connectivity index (χ1v) is 7.81. The van der Waals surface area contributed by atoms with E-state index in [0.717, 1.165) is 10.8 Å². The highest BCUT2D eigenvalue weighted by atomic mass is 32.2. The van der Waals surface area contributed by atoms with Crippen molar-refractivity contribution >= 4 is 26.7 Å². The fourth-order valence-electron chi connectivity index (χ4n) is 2.08. The summed E-state index contributed by atoms with van der Waals surface area (Å²) < 4.78 is 26.5. The van der Waals surface area contributed by atoms with Crippen molar-refractivity contribution in [3.8, 4) is 0 Å². The first kappa shape index (κ1) is 13.1. The van der Waals surface area contributed by atoms with Gasteiger partial charge in [-0.25, -0.2) is 13.1 Å². The van der Waals surface area contributed by atoms with E-state index >= 15 is 0 Å². The molecule has 0 spiro atoms. The van der Waals surface area contributed by atoms with Crippen molar-refractivity contribution < 1.29 is 13.2 Å². The van der Waals surface area contributed by atoms with E-state index in [1.165, 1.54) is 6.07 Å². The van der Waals surface area contributed by atoms with Gasteiger partial charge in [0.15, 0.2) is 0 Å². The van der Waals surface area contributed by atoms with Gasteiger partial charge in [0, 0.05) is 13.1 Å². The number of fused-ring (bicyclic) bond motifs is 1. The molecule has 1 aliphatic rings. The van der Waals surface area contributed by atoms with E-state index in [9.17, 15) is 13.2 Å². The molecule has 2 aromatic rings. The van der Waals surface area contributed by atoms with Crippen molar-refractivity contribution in [3.63, 3.8) is 0 Å². The van der Waals surface area contributed by atoms with E-state index < -0.39 is 15.9 Å². The fraction of sp³-hybridized carbons (Fsp3) is 0.214. The summed E-state index contributed by atoms with van der Waals surface area (Å²) in [4.78, 5) is 11.9. The molecule has 0 bridgehead atoms. The van der Waals surface area contributed by atoms with E-state index in [1.807, 2.05) is 24.3 Å². The SMILES string of the molecule is O=C(NS(=O)(=O)c1ccc2ccccc2c1)C1CNC1. The van der Waals surface area contributed by atoms with Gasteiger partial charge in [-0.2, -0.15) is 0 Å². The Morgan fingerprint density at radius 1 is 1.10 bits per heavy atom. The molecule has 0 atom stereocenters. The molecule has 3 rings (SSSR count). The smallest absolute Gasteiger partial charge is 0.264 e. The summed E-state index contributed by atoms with van der Waals surface area (Å²) in [6, 6.07) is 12.3. The van der Waals surface area contributed by atoms with Gasteiger partial charge in [0.05, 0.1) is 10.8 Å². The molecule has 0 unspecified atom stereocenters. The van der Waals surface area contributed by atoms with Crippen LogP contribution >= 0.6 is 0 Å². The van der Waals surface area contributed by atoms with Crippen molar-refractivity contribution in [2.75, 3.05) is 13.1 Å². The molecule has 20 heavy (non-hydrogen) atoms. The van der Waals surface area contributed by atoms with Crippen LogP contribution in [-0.4, -0.2) is 27.4 Å². The highest BCUT2D eigenvalue weighted by Crippen LogP contribution is 2.19. The van der Waals surface area contributed by atoms with E-state index in [0.29, 0.717) is 13.1 Å². The third-order valence-corrected chi connectivity index (χ3v) is 4.76. The zero-order valence-corrected chi connectivity index (χ0v) is 11.5. The van der Waals surface area contributed by atoms with E-state index in [1.54, 1.807) is 12.1 Å². The van der Waals surface area contributed by atoms with Gasteiger partial charge in [-0.15, -0.1) is 0 Å². The summed E-state index contributed by atoms with van der Waals surface area (Å²) in [5.41, 5.74) is 0. The largest absolute Gasteiger partial charge is 0.315 e. The maximum Gasteiger partial charge on any atom is 0.264 e. The average Bonchev–Trinajstić information content (AvgIpc) is 2.35. The second-order valence-corrected chi connectivity index (χ2v) is 6.52. The second kappa shape index (κ2) is 4.88. The minimum absolute atomic E-state index is 0.108. The Balaban J connectivity index is 1.90. The van der Waals surface area contributed by atoms with Crippen LogP contribution in [0.3, 0.4) is 0 Å². The Morgan fingerprint density at radius 2 is 1.80 bits per heavy atom. The normalized spacial score (nSPS) is 15.8. The Kier molecular flexibility index (Phi) is 3.19. The molecular weight excluding hydrogens is 276 g/mol. The molecule has 0 radical (unpaired) electrons. The Labute approximate surface area is 117 Å². The van der Waals surface area contributed by atoms with Crippen LogP contribution in [0.2, 0.25) is 0 Å². The van der Waals surface area contributed by atoms with Crippen LogP contribution in [0.4, 0.5) is 0 Å². The van der Waals surface area contributed by atoms with E-state index in [4.69, 9.17) is 0 Å². The summed E-state index contributed by atoms with van der Waals surface area (Å²) in [5.74, 6) is -0.706. The number of rotatable bonds is 3. The van der Waals surface area contributed by atoms with Gasteiger partial charge >= 0.3 is 0 Å². The predicted octanol–water partition coefficient (Wildman–Crippen LogP) is 0.864. The maximum atomic E-state index is 12.2. The molecular formula is C14H14N2O3S. The molecule has 0 saturated carbocycles. The van der Waals surface area contributed by atoms with Crippen molar-refractivity contribution in [1.82, 2.24) is 10.0 Å². The van der Waals surface area contributed by atoms with Crippen molar-refractivity contribution in [1.29, 1.82) is 0 Å². The summed E-state index contributed by atoms with van der Waals surface area (Å²) in [6.45, 7) is 1.05. The highest BCUT2D eigenvalue weighted by Gasteiger charge is 2.28. The van der Waals surface area contributed by atoms with Crippen LogP contribution in [0, 0.1) is 5.92 Å². The van der Waals surface area contributed by atoms with E-state index in [2.05, 4.69) is 10.0 Å². The van der Waals surface area contributed by atoms with Gasteiger partial charge in [-0.3, -0.25) is 4.79 Å². The standard InChI is InChI=1S/C14H14N2O3S/c17-14(12-8-15-9-12)16-20(18,19)13-6-5-10-3-1-2-4-11(10)7-13/h1-7,12,15H,8-9H2,(H,16,17). The van der Waals surface area contributed by atoms with Gasteiger partial charge in [-0.05, 0) is 22.9 Å². The van der Waals surface area contributed by atoms with Crippen LogP contribution in [-0.2, 0) is 14.8 Å². The van der Waals surface area contributed by atoms with Gasteiger partial charge in [0.2, 0.25) is 5.91 Å². The highest BCUT2D eigenvalue weighted by molar-refractivity contribution is 7.90. The number of nitrogens with one attached hydrogen (secondary N) is 2. The predicted molar refractivity (Wildman–Crippen MR) is 75.6 cm³/mol. The lowest BCUT2D eigenvalue weighted by molar-refractivity contribution is -0.124. The third-order valence-electron chi connectivity index (χ3n) is 3.42. The van der Waals surface area contributed by atoms with Crippen LogP contribution < -0.4 is 10.0 Å². The molecule has 1 saturated heterocycles. The monoisotopic (exact) mass is 290 g/mol. The summed E-state index contributed by atoms with van der Waals surface area (Å²) in [5, 5.41) is 4.72. The first-order valence-electron chi connectivity index (χ1n) is 6.32. The topological polar surface area (TPSA) is 75.3 Å². The van der Waals surface area contributed by atoms with Crippen LogP contribution in [0.15, 0.2) is 47.4 Å². The Hall–Kier alpha value is -1.92. The number of hydrogen-bond acceptors (Lipinski definition) is 4. The molecule has 6 heteroatoms. The zero-order valence-electron chi connectivity index (χ0n) is 10.7. The lowest BCUT2D eigenvalue weighted by Crippen LogP contribution is -2.51. The molecule has 0 aromatic heterocycles. The van der Waals surface area contributed by atoms with Crippen molar-refractivity contribution in [2.45, 2.75) is 4.90 Å². The first-order chi connectivity index (χ1) is 9.56. The Morgan fingerprint density at radius 3 is 2.45 bits per heavy atom. The van der Waals surface area contributed by atoms with Crippen LogP contribution in [0.5, 0.6) is 0 Å². The summed E-state index contributed by atoms with van der Waals surface area (Å²) in [7, 11) is -3.80.